The summed E-state index contributed by atoms with van der Waals surface area (Å²) in [5, 5.41) is 20.3. The van der Waals surface area contributed by atoms with E-state index in [9.17, 15) is 28.6 Å². The molecule has 2 aromatic rings. The van der Waals surface area contributed by atoms with Gasteiger partial charge in [0.25, 0.3) is 10.1 Å². The van der Waals surface area contributed by atoms with Gasteiger partial charge in [-0.05, 0) is 14.8 Å². The molecule has 168 valence electrons. The fourth-order valence-electron chi connectivity index (χ4n) is 1.74. The van der Waals surface area contributed by atoms with Gasteiger partial charge >= 0.3 is 11.6 Å². The predicted molar refractivity (Wildman–Crippen MR) is 111 cm³/mol. The number of nitrogens with one attached hydrogen (secondary N) is 1. The Kier molecular flexibility index (Phi) is 11.8. The molecule has 31 heavy (non-hydrogen) atoms. The molecule has 0 unspecified atom stereocenters. The average molecular weight is 454 g/mol. The Balaban J connectivity index is 0.000000448. The van der Waals surface area contributed by atoms with Crippen LogP contribution in [0.1, 0.15) is 24.5 Å². The van der Waals surface area contributed by atoms with Crippen molar-refractivity contribution in [1.29, 1.82) is 0 Å². The third kappa shape index (κ3) is 12.4. The van der Waals surface area contributed by atoms with Gasteiger partial charge in [-0.2, -0.15) is 8.42 Å². The SMILES string of the molecule is C#CCCOS(C)(=O)=O.C#CCCn1cc([N+](=O)[O-])nc1C.Cc1ncc([N+](=O)[O-])[nH]1. The van der Waals surface area contributed by atoms with Gasteiger partial charge in [0.05, 0.1) is 12.9 Å². The van der Waals surface area contributed by atoms with Gasteiger partial charge in [0, 0.05) is 33.2 Å². The van der Waals surface area contributed by atoms with Gasteiger partial charge in [0.1, 0.15) is 12.4 Å². The Bertz CT molecular complexity index is 1060. The molecule has 0 amide bonds. The molecule has 0 atom stereocenters. The maximum atomic E-state index is 10.3. The number of aryl methyl sites for hydroxylation is 3. The molecule has 14 heteroatoms. The van der Waals surface area contributed by atoms with Crippen molar-refractivity contribution in [2.45, 2.75) is 33.2 Å². The molecule has 0 aliphatic rings. The summed E-state index contributed by atoms with van der Waals surface area (Å²) in [5.74, 6) is 5.69. The topological polar surface area (TPSA) is 176 Å². The first kappa shape index (κ1) is 27.2. The monoisotopic (exact) mass is 454 g/mol. The van der Waals surface area contributed by atoms with E-state index in [2.05, 4.69) is 31.0 Å². The Hall–Kier alpha value is -3.75. The number of hydrogen-bond acceptors (Lipinski definition) is 9. The van der Waals surface area contributed by atoms with E-state index in [4.69, 9.17) is 12.8 Å². The number of H-pyrrole nitrogens is 1. The molecular weight excluding hydrogens is 432 g/mol. The first-order chi connectivity index (χ1) is 14.4. The lowest BCUT2D eigenvalue weighted by atomic mass is 10.4. The summed E-state index contributed by atoms with van der Waals surface area (Å²) in [6.07, 6.45) is 14.4. The second-order valence-corrected chi connectivity index (χ2v) is 7.29. The van der Waals surface area contributed by atoms with Gasteiger partial charge in [0.2, 0.25) is 5.82 Å². The Morgan fingerprint density at radius 3 is 2.16 bits per heavy atom. The van der Waals surface area contributed by atoms with Crippen molar-refractivity contribution >= 4 is 21.8 Å². The molecule has 0 bridgehead atoms. The van der Waals surface area contributed by atoms with Crippen molar-refractivity contribution in [2.75, 3.05) is 12.9 Å². The Morgan fingerprint density at radius 1 is 1.19 bits per heavy atom. The third-order valence-corrected chi connectivity index (χ3v) is 3.67. The first-order valence-corrected chi connectivity index (χ1v) is 10.3. The maximum Gasteiger partial charge on any atom is 0.381 e. The van der Waals surface area contributed by atoms with Crippen LogP contribution in [0.5, 0.6) is 0 Å². The molecule has 0 saturated heterocycles. The molecular formula is C17H22N6O7S. The minimum absolute atomic E-state index is 0.0625. The van der Waals surface area contributed by atoms with Crippen LogP contribution in [0.15, 0.2) is 12.4 Å². The normalized spacial score (nSPS) is 9.84. The summed E-state index contributed by atoms with van der Waals surface area (Å²) in [7, 11) is -3.29. The van der Waals surface area contributed by atoms with Crippen LogP contribution in [-0.4, -0.2) is 50.6 Å². The van der Waals surface area contributed by atoms with E-state index in [0.717, 1.165) is 6.26 Å². The van der Waals surface area contributed by atoms with Gasteiger partial charge in [-0.15, -0.1) is 24.7 Å². The number of nitrogens with zero attached hydrogens (tertiary/aromatic N) is 5. The molecule has 2 aromatic heterocycles. The van der Waals surface area contributed by atoms with E-state index in [-0.39, 0.29) is 18.2 Å². The van der Waals surface area contributed by atoms with Crippen LogP contribution in [0.4, 0.5) is 11.6 Å². The minimum atomic E-state index is -3.29. The predicted octanol–water partition coefficient (Wildman–Crippen LogP) is 1.74. The van der Waals surface area contributed by atoms with Gasteiger partial charge in [0.15, 0.2) is 5.82 Å². The highest BCUT2D eigenvalue weighted by molar-refractivity contribution is 7.85. The van der Waals surface area contributed by atoms with Crippen LogP contribution in [0.3, 0.4) is 0 Å². The molecule has 0 spiro atoms. The van der Waals surface area contributed by atoms with Gasteiger partial charge in [-0.1, -0.05) is 0 Å². The molecule has 2 heterocycles. The number of hydrogen-bond donors (Lipinski definition) is 1. The number of imidazole rings is 2. The van der Waals surface area contributed by atoms with Crippen LogP contribution in [-0.2, 0) is 20.8 Å². The second kappa shape index (κ2) is 13.5. The van der Waals surface area contributed by atoms with Crippen LogP contribution < -0.4 is 0 Å². The van der Waals surface area contributed by atoms with E-state index in [1.54, 1.807) is 18.4 Å². The van der Waals surface area contributed by atoms with E-state index < -0.39 is 20.0 Å². The lowest BCUT2D eigenvalue weighted by molar-refractivity contribution is -0.389. The zero-order valence-corrected chi connectivity index (χ0v) is 18.0. The minimum Gasteiger partial charge on any atom is -0.358 e. The largest absolute Gasteiger partial charge is 0.381 e. The molecule has 13 nitrogen and oxygen atoms in total. The van der Waals surface area contributed by atoms with Crippen LogP contribution >= 0.6 is 0 Å². The second-order valence-electron chi connectivity index (χ2n) is 5.64. The van der Waals surface area contributed by atoms with Crippen LogP contribution in [0, 0.1) is 58.8 Å². The fourth-order valence-corrected chi connectivity index (χ4v) is 2.13. The van der Waals surface area contributed by atoms with Gasteiger partial charge < -0.3 is 24.8 Å². The molecule has 0 aromatic carbocycles. The Morgan fingerprint density at radius 2 is 1.81 bits per heavy atom. The fraction of sp³-hybridized carbons (Fsp3) is 0.412. The highest BCUT2D eigenvalue weighted by Crippen LogP contribution is 2.10. The lowest BCUT2D eigenvalue weighted by Gasteiger charge is -1.95. The molecule has 0 aliphatic heterocycles. The summed E-state index contributed by atoms with van der Waals surface area (Å²) in [6.45, 7) is 4.02. The van der Waals surface area contributed by atoms with Gasteiger partial charge in [-0.3, -0.25) is 4.18 Å². The van der Waals surface area contributed by atoms with Crippen LogP contribution in [0.25, 0.3) is 0 Å². The summed E-state index contributed by atoms with van der Waals surface area (Å²) < 4.78 is 26.4. The highest BCUT2D eigenvalue weighted by Gasteiger charge is 2.13. The summed E-state index contributed by atoms with van der Waals surface area (Å²) in [5.41, 5.74) is 0. The van der Waals surface area contributed by atoms with Crippen molar-refractivity contribution in [3.63, 3.8) is 0 Å². The molecule has 0 fully saturated rings. The molecule has 0 radical (unpaired) electrons. The quantitative estimate of drug-likeness (QED) is 0.214. The number of rotatable bonds is 7. The lowest BCUT2D eigenvalue weighted by Crippen LogP contribution is -2.02. The summed E-state index contributed by atoms with van der Waals surface area (Å²) in [4.78, 5) is 29.1. The zero-order chi connectivity index (χ0) is 24.0. The average Bonchev–Trinajstić information content (AvgIpc) is 3.26. The van der Waals surface area contributed by atoms with E-state index >= 15 is 0 Å². The smallest absolute Gasteiger partial charge is 0.358 e. The van der Waals surface area contributed by atoms with E-state index in [1.807, 2.05) is 0 Å². The zero-order valence-electron chi connectivity index (χ0n) is 17.1. The number of terminal acetylenes is 2. The molecule has 0 aliphatic carbocycles. The summed E-state index contributed by atoms with van der Waals surface area (Å²) >= 11 is 0. The number of aromatic nitrogens is 4. The van der Waals surface area contributed by atoms with Crippen molar-refractivity contribution in [3.8, 4) is 24.7 Å². The van der Waals surface area contributed by atoms with Crippen molar-refractivity contribution in [3.05, 3.63) is 44.3 Å². The first-order valence-electron chi connectivity index (χ1n) is 8.46. The van der Waals surface area contributed by atoms with Crippen molar-refractivity contribution in [2.24, 2.45) is 0 Å². The van der Waals surface area contributed by atoms with Crippen LogP contribution in [0.2, 0.25) is 0 Å². The highest BCUT2D eigenvalue weighted by atomic mass is 32.2. The van der Waals surface area contributed by atoms with Crippen molar-refractivity contribution < 1.29 is 22.4 Å². The van der Waals surface area contributed by atoms with Crippen molar-refractivity contribution in [1.82, 2.24) is 19.5 Å². The maximum absolute atomic E-state index is 10.3. The number of aromatic amines is 1. The third-order valence-electron chi connectivity index (χ3n) is 3.08. The standard InChI is InChI=1S/C8H9N3O2.C5H8O3S.C4H5N3O2/c1-3-4-5-10-6-8(11(12)13)9-7(10)2;1-3-4-5-8-9(2,6)7;1-3-5-2-4(6-3)7(8)9/h1,6H,4-5H2,2H3;1H,4-5H2,2H3;2H,1H3,(H,5,6). The molecule has 0 saturated carbocycles. The Labute approximate surface area is 179 Å². The van der Waals surface area contributed by atoms with Gasteiger partial charge in [-0.25, -0.2) is 9.97 Å². The molecule has 2 rings (SSSR count). The summed E-state index contributed by atoms with van der Waals surface area (Å²) in [6, 6.07) is 0. The molecule has 1 N–H and O–H groups in total. The van der Waals surface area contributed by atoms with E-state index in [0.29, 0.717) is 31.0 Å². The number of nitro groups is 2. The van der Waals surface area contributed by atoms with E-state index in [1.165, 1.54) is 12.4 Å².